The number of ether oxygens (including phenoxy) is 1. The maximum absolute atomic E-state index is 12.6. The van der Waals surface area contributed by atoms with Crippen LogP contribution in [0.15, 0.2) is 23.1 Å². The quantitative estimate of drug-likeness (QED) is 0.460. The lowest BCUT2D eigenvalue weighted by Gasteiger charge is -2.04. The monoisotopic (exact) mass is 201 g/mol. The summed E-state index contributed by atoms with van der Waals surface area (Å²) < 4.78 is 17.5. The van der Waals surface area contributed by atoms with Crippen LogP contribution < -0.4 is 5.73 Å². The molecule has 0 aromatic heterocycles. The second kappa shape index (κ2) is 5.09. The molecular weight excluding hydrogens is 189 g/mol. The van der Waals surface area contributed by atoms with Crippen molar-refractivity contribution in [2.45, 2.75) is 4.90 Å². The number of methoxy groups -OCH3 is 1. The van der Waals surface area contributed by atoms with Crippen LogP contribution in [-0.2, 0) is 4.74 Å². The summed E-state index contributed by atoms with van der Waals surface area (Å²) in [6.45, 7) is 0.668. The minimum atomic E-state index is -0.298. The Morgan fingerprint density at radius 1 is 1.54 bits per heavy atom. The first kappa shape index (κ1) is 10.3. The number of halogens is 1. The molecule has 0 radical (unpaired) electrons. The molecule has 13 heavy (non-hydrogen) atoms. The molecule has 1 aromatic carbocycles. The van der Waals surface area contributed by atoms with Crippen LogP contribution >= 0.6 is 11.8 Å². The summed E-state index contributed by atoms with van der Waals surface area (Å²) in [6.07, 6.45) is 0. The first-order valence-corrected chi connectivity index (χ1v) is 4.89. The first-order valence-electron chi connectivity index (χ1n) is 3.91. The summed E-state index contributed by atoms with van der Waals surface area (Å²) in [5.74, 6) is 0.528. The van der Waals surface area contributed by atoms with Gasteiger partial charge in [0.15, 0.2) is 0 Å². The van der Waals surface area contributed by atoms with Crippen LogP contribution in [0.25, 0.3) is 0 Å². The van der Waals surface area contributed by atoms with Gasteiger partial charge in [0.05, 0.1) is 6.61 Å². The fourth-order valence-electron chi connectivity index (χ4n) is 0.886. The van der Waals surface area contributed by atoms with E-state index in [-0.39, 0.29) is 5.82 Å². The molecule has 0 aliphatic heterocycles. The SMILES string of the molecule is COCCSc1ccc(F)cc1N. The molecule has 0 aliphatic carbocycles. The average Bonchev–Trinajstić information content (AvgIpc) is 2.09. The van der Waals surface area contributed by atoms with E-state index in [9.17, 15) is 4.39 Å². The Morgan fingerprint density at radius 2 is 2.31 bits per heavy atom. The third-order valence-corrected chi connectivity index (χ3v) is 2.57. The third-order valence-electron chi connectivity index (χ3n) is 1.52. The standard InChI is InChI=1S/C9H12FNOS/c1-12-4-5-13-9-3-2-7(10)6-8(9)11/h2-3,6H,4-5,11H2,1H3. The van der Waals surface area contributed by atoms with Gasteiger partial charge in [-0.15, -0.1) is 11.8 Å². The highest BCUT2D eigenvalue weighted by molar-refractivity contribution is 7.99. The highest BCUT2D eigenvalue weighted by atomic mass is 32.2. The first-order chi connectivity index (χ1) is 6.24. The highest BCUT2D eigenvalue weighted by Gasteiger charge is 2.00. The predicted octanol–water partition coefficient (Wildman–Crippen LogP) is 2.15. The Balaban J connectivity index is 2.56. The van der Waals surface area contributed by atoms with E-state index in [0.717, 1.165) is 10.6 Å². The molecule has 0 amide bonds. The molecule has 1 aromatic rings. The molecule has 4 heteroatoms. The van der Waals surface area contributed by atoms with Crippen LogP contribution in [0.3, 0.4) is 0 Å². The smallest absolute Gasteiger partial charge is 0.125 e. The van der Waals surface area contributed by atoms with Crippen LogP contribution in [0.4, 0.5) is 10.1 Å². The van der Waals surface area contributed by atoms with Gasteiger partial charge in [-0.1, -0.05) is 0 Å². The fraction of sp³-hybridized carbons (Fsp3) is 0.333. The number of hydrogen-bond acceptors (Lipinski definition) is 3. The van der Waals surface area contributed by atoms with Gasteiger partial charge in [0.1, 0.15) is 5.82 Å². The van der Waals surface area contributed by atoms with Gasteiger partial charge in [-0.2, -0.15) is 0 Å². The maximum Gasteiger partial charge on any atom is 0.125 e. The molecule has 0 bridgehead atoms. The van der Waals surface area contributed by atoms with E-state index in [1.54, 1.807) is 24.9 Å². The molecule has 72 valence electrons. The second-order valence-corrected chi connectivity index (χ2v) is 3.66. The number of anilines is 1. The highest BCUT2D eigenvalue weighted by Crippen LogP contribution is 2.25. The van der Waals surface area contributed by atoms with E-state index in [0.29, 0.717) is 12.3 Å². The van der Waals surface area contributed by atoms with E-state index in [1.807, 2.05) is 0 Å². The van der Waals surface area contributed by atoms with Crippen LogP contribution in [0.1, 0.15) is 0 Å². The van der Waals surface area contributed by atoms with Crippen molar-refractivity contribution in [3.05, 3.63) is 24.0 Å². The van der Waals surface area contributed by atoms with Crippen molar-refractivity contribution in [3.8, 4) is 0 Å². The Bertz CT molecular complexity index is 280. The van der Waals surface area contributed by atoms with Crippen LogP contribution in [0.2, 0.25) is 0 Å². The van der Waals surface area contributed by atoms with Crippen molar-refractivity contribution in [3.63, 3.8) is 0 Å². The molecule has 2 N–H and O–H groups in total. The maximum atomic E-state index is 12.6. The number of nitrogens with two attached hydrogens (primary N) is 1. The summed E-state index contributed by atoms with van der Waals surface area (Å²) >= 11 is 1.56. The van der Waals surface area contributed by atoms with E-state index in [2.05, 4.69) is 0 Å². The van der Waals surface area contributed by atoms with Crippen molar-refractivity contribution in [1.82, 2.24) is 0 Å². The van der Waals surface area contributed by atoms with Gasteiger partial charge in [-0.05, 0) is 18.2 Å². The second-order valence-electron chi connectivity index (χ2n) is 2.52. The molecule has 0 aliphatic rings. The lowest BCUT2D eigenvalue weighted by atomic mass is 10.3. The van der Waals surface area contributed by atoms with Crippen molar-refractivity contribution in [2.24, 2.45) is 0 Å². The largest absolute Gasteiger partial charge is 0.398 e. The average molecular weight is 201 g/mol. The van der Waals surface area contributed by atoms with Gasteiger partial charge in [-0.25, -0.2) is 4.39 Å². The number of thioether (sulfide) groups is 1. The molecule has 0 atom stereocenters. The van der Waals surface area contributed by atoms with Crippen molar-refractivity contribution < 1.29 is 9.13 Å². The summed E-state index contributed by atoms with van der Waals surface area (Å²) in [6, 6.07) is 4.42. The molecule has 0 unspecified atom stereocenters. The number of benzene rings is 1. The molecule has 2 nitrogen and oxygen atoms in total. The van der Waals surface area contributed by atoms with E-state index >= 15 is 0 Å². The molecule has 0 heterocycles. The predicted molar refractivity (Wildman–Crippen MR) is 53.4 cm³/mol. The van der Waals surface area contributed by atoms with E-state index in [1.165, 1.54) is 12.1 Å². The summed E-state index contributed by atoms with van der Waals surface area (Å²) in [4.78, 5) is 0.901. The number of hydrogen-bond donors (Lipinski definition) is 1. The zero-order valence-corrected chi connectivity index (χ0v) is 8.23. The molecule has 0 saturated carbocycles. The number of rotatable bonds is 4. The molecule has 1 rings (SSSR count). The minimum absolute atomic E-state index is 0.298. The van der Waals surface area contributed by atoms with Gasteiger partial charge >= 0.3 is 0 Å². The van der Waals surface area contributed by atoms with Crippen LogP contribution in [0, 0.1) is 5.82 Å². The zero-order chi connectivity index (χ0) is 9.68. The molecular formula is C9H12FNOS. The van der Waals surface area contributed by atoms with Crippen molar-refractivity contribution in [2.75, 3.05) is 25.2 Å². The Labute approximate surface area is 81.3 Å². The van der Waals surface area contributed by atoms with Crippen molar-refractivity contribution in [1.29, 1.82) is 0 Å². The molecule has 0 spiro atoms. The fourth-order valence-corrected chi connectivity index (χ4v) is 1.75. The topological polar surface area (TPSA) is 35.2 Å². The lowest BCUT2D eigenvalue weighted by Crippen LogP contribution is -1.94. The van der Waals surface area contributed by atoms with Crippen LogP contribution in [0.5, 0.6) is 0 Å². The Kier molecular flexibility index (Phi) is 4.05. The van der Waals surface area contributed by atoms with E-state index < -0.39 is 0 Å². The Hall–Kier alpha value is -0.740. The zero-order valence-electron chi connectivity index (χ0n) is 7.42. The number of nitrogen functional groups attached to an aromatic ring is 1. The summed E-state index contributed by atoms with van der Waals surface area (Å²) in [7, 11) is 1.65. The normalized spacial score (nSPS) is 10.3. The molecule has 0 fully saturated rings. The van der Waals surface area contributed by atoms with Gasteiger partial charge in [0.25, 0.3) is 0 Å². The van der Waals surface area contributed by atoms with Gasteiger partial charge in [0.2, 0.25) is 0 Å². The minimum Gasteiger partial charge on any atom is -0.398 e. The Morgan fingerprint density at radius 3 is 2.92 bits per heavy atom. The van der Waals surface area contributed by atoms with E-state index in [4.69, 9.17) is 10.5 Å². The van der Waals surface area contributed by atoms with Gasteiger partial charge in [0, 0.05) is 23.4 Å². The molecule has 0 saturated heterocycles. The summed E-state index contributed by atoms with van der Waals surface area (Å²) in [5, 5.41) is 0. The van der Waals surface area contributed by atoms with Gasteiger partial charge < -0.3 is 10.5 Å². The third kappa shape index (κ3) is 3.24. The van der Waals surface area contributed by atoms with Crippen molar-refractivity contribution >= 4 is 17.4 Å². The van der Waals surface area contributed by atoms with Crippen LogP contribution in [-0.4, -0.2) is 19.5 Å². The lowest BCUT2D eigenvalue weighted by molar-refractivity contribution is 0.218. The summed E-state index contributed by atoms with van der Waals surface area (Å²) in [5.41, 5.74) is 6.09. The van der Waals surface area contributed by atoms with Gasteiger partial charge in [-0.3, -0.25) is 0 Å².